The first-order chi connectivity index (χ1) is 10.2. The van der Waals surface area contributed by atoms with Crippen LogP contribution in [0.2, 0.25) is 0 Å². The second-order valence-electron chi connectivity index (χ2n) is 5.32. The summed E-state index contributed by atoms with van der Waals surface area (Å²) in [6.07, 6.45) is 4.05. The summed E-state index contributed by atoms with van der Waals surface area (Å²) in [5.41, 5.74) is 0. The Morgan fingerprint density at radius 1 is 1.67 bits per heavy atom. The first kappa shape index (κ1) is 14.3. The molecule has 0 spiro atoms. The van der Waals surface area contributed by atoms with Crippen LogP contribution < -0.4 is 10.2 Å². The monoisotopic (exact) mass is 309 g/mol. The molecule has 0 radical (unpaired) electrons. The van der Waals surface area contributed by atoms with Crippen LogP contribution in [-0.4, -0.2) is 40.5 Å². The van der Waals surface area contributed by atoms with E-state index in [4.69, 9.17) is 0 Å². The third-order valence-corrected chi connectivity index (χ3v) is 4.71. The van der Waals surface area contributed by atoms with Crippen LogP contribution in [0.4, 0.5) is 11.6 Å². The zero-order valence-electron chi connectivity index (χ0n) is 12.0. The Hall–Kier alpha value is -1.67. The molecule has 2 aromatic rings. The first-order valence-electron chi connectivity index (χ1n) is 7.26. The summed E-state index contributed by atoms with van der Waals surface area (Å²) in [4.78, 5) is 18.3. The lowest BCUT2D eigenvalue weighted by Gasteiger charge is -2.29. The van der Waals surface area contributed by atoms with Crippen molar-refractivity contribution in [2.24, 2.45) is 5.92 Å². The third-order valence-electron chi connectivity index (χ3n) is 3.95. The lowest BCUT2D eigenvalue weighted by molar-refractivity contribution is -0.389. The fourth-order valence-electron chi connectivity index (χ4n) is 2.90. The molecular formula is C13H19N5O2S. The molecule has 114 valence electrons. The zero-order valence-corrected chi connectivity index (χ0v) is 12.8. The number of fused-ring (bicyclic) bond motifs is 1. The first-order valence-corrected chi connectivity index (χ1v) is 8.14. The molecule has 0 amide bonds. The minimum Gasteiger partial charge on any atom is -0.358 e. The number of hydrogen-bond acceptors (Lipinski definition) is 6. The summed E-state index contributed by atoms with van der Waals surface area (Å²) in [6, 6.07) is 0. The largest absolute Gasteiger partial charge is 0.373 e. The van der Waals surface area contributed by atoms with E-state index in [1.807, 2.05) is 17.2 Å². The number of nitro groups is 1. The molecule has 1 aliphatic heterocycles. The van der Waals surface area contributed by atoms with Crippen molar-refractivity contribution in [3.05, 3.63) is 21.7 Å². The number of thiazole rings is 1. The standard InChI is InChI=1S/C13H19N5O2S/c1-2-16(9-10-4-3-5-14-8-10)11-12(18(19)20)17-6-7-21-13(17)15-11/h6-7,10,14H,2-5,8-9H2,1H3. The van der Waals surface area contributed by atoms with Gasteiger partial charge in [0.05, 0.1) is 0 Å². The van der Waals surface area contributed by atoms with Gasteiger partial charge in [-0.25, -0.2) is 0 Å². The summed E-state index contributed by atoms with van der Waals surface area (Å²) in [6.45, 7) is 5.61. The topological polar surface area (TPSA) is 75.7 Å². The van der Waals surface area contributed by atoms with Crippen molar-refractivity contribution in [1.82, 2.24) is 14.7 Å². The van der Waals surface area contributed by atoms with Crippen LogP contribution in [0.5, 0.6) is 0 Å². The summed E-state index contributed by atoms with van der Waals surface area (Å²) in [7, 11) is 0. The van der Waals surface area contributed by atoms with Gasteiger partial charge in [0, 0.05) is 18.5 Å². The van der Waals surface area contributed by atoms with E-state index in [0.29, 0.717) is 16.7 Å². The van der Waals surface area contributed by atoms with Crippen LogP contribution in [0.15, 0.2) is 11.6 Å². The average Bonchev–Trinajstić information content (AvgIpc) is 3.05. The van der Waals surface area contributed by atoms with E-state index < -0.39 is 0 Å². The van der Waals surface area contributed by atoms with Gasteiger partial charge in [-0.3, -0.25) is 0 Å². The van der Waals surface area contributed by atoms with Crippen molar-refractivity contribution in [1.29, 1.82) is 0 Å². The molecule has 0 saturated carbocycles. The van der Waals surface area contributed by atoms with Crippen LogP contribution >= 0.6 is 11.3 Å². The number of nitrogens with zero attached hydrogens (tertiary/aromatic N) is 4. The SMILES string of the molecule is CCN(CC1CCCNC1)c1nc2sccn2c1[N+](=O)[O-]. The van der Waals surface area contributed by atoms with Crippen molar-refractivity contribution in [2.45, 2.75) is 19.8 Å². The van der Waals surface area contributed by atoms with Gasteiger partial charge in [0.25, 0.3) is 4.96 Å². The minimum atomic E-state index is -0.330. The Morgan fingerprint density at radius 2 is 2.52 bits per heavy atom. The number of nitrogens with one attached hydrogen (secondary N) is 1. The number of rotatable bonds is 5. The van der Waals surface area contributed by atoms with Gasteiger partial charge in [-0.1, -0.05) is 11.3 Å². The van der Waals surface area contributed by atoms with Crippen molar-refractivity contribution >= 4 is 27.9 Å². The lowest BCUT2D eigenvalue weighted by atomic mass is 9.99. The number of anilines is 1. The molecule has 21 heavy (non-hydrogen) atoms. The Morgan fingerprint density at radius 3 is 3.19 bits per heavy atom. The van der Waals surface area contributed by atoms with Crippen LogP contribution in [0.1, 0.15) is 19.8 Å². The fraction of sp³-hybridized carbons (Fsp3) is 0.615. The molecule has 3 heterocycles. The minimum absolute atomic E-state index is 0.0804. The maximum absolute atomic E-state index is 11.4. The molecule has 1 aliphatic rings. The number of imidazole rings is 1. The predicted octanol–water partition coefficient (Wildman–Crippen LogP) is 2.13. The Bertz CT molecular complexity index is 632. The van der Waals surface area contributed by atoms with E-state index in [1.165, 1.54) is 24.2 Å². The molecule has 1 saturated heterocycles. The highest BCUT2D eigenvalue weighted by Gasteiger charge is 2.28. The summed E-state index contributed by atoms with van der Waals surface area (Å²) >= 11 is 1.42. The van der Waals surface area contributed by atoms with E-state index in [9.17, 15) is 10.1 Å². The molecule has 2 aromatic heterocycles. The Kier molecular flexibility index (Phi) is 4.07. The van der Waals surface area contributed by atoms with Crippen LogP contribution in [0.25, 0.3) is 4.96 Å². The molecule has 1 atom stereocenters. The van der Waals surface area contributed by atoms with Crippen LogP contribution in [0.3, 0.4) is 0 Å². The zero-order chi connectivity index (χ0) is 14.8. The second kappa shape index (κ2) is 5.98. The number of aromatic nitrogens is 2. The highest BCUT2D eigenvalue weighted by Crippen LogP contribution is 2.31. The smallest absolute Gasteiger partial charge is 0.358 e. The highest BCUT2D eigenvalue weighted by molar-refractivity contribution is 7.15. The maximum Gasteiger partial charge on any atom is 0.373 e. The highest BCUT2D eigenvalue weighted by atomic mass is 32.1. The van der Waals surface area contributed by atoms with Gasteiger partial charge in [0.1, 0.15) is 6.20 Å². The van der Waals surface area contributed by atoms with Gasteiger partial charge in [0.2, 0.25) is 5.82 Å². The molecule has 0 aliphatic carbocycles. The van der Waals surface area contributed by atoms with Gasteiger partial charge in [-0.05, 0) is 43.7 Å². The van der Waals surface area contributed by atoms with E-state index in [-0.39, 0.29) is 10.7 Å². The molecule has 8 heteroatoms. The third kappa shape index (κ3) is 2.73. The summed E-state index contributed by atoms with van der Waals surface area (Å²) in [5, 5.41) is 16.6. The van der Waals surface area contributed by atoms with Gasteiger partial charge < -0.3 is 20.3 Å². The molecule has 0 bridgehead atoms. The van der Waals surface area contributed by atoms with Crippen molar-refractivity contribution < 1.29 is 4.92 Å². The molecule has 7 nitrogen and oxygen atoms in total. The van der Waals surface area contributed by atoms with Crippen LogP contribution in [0, 0.1) is 16.0 Å². The molecular weight excluding hydrogens is 290 g/mol. The quantitative estimate of drug-likeness (QED) is 0.676. The van der Waals surface area contributed by atoms with E-state index >= 15 is 0 Å². The summed E-state index contributed by atoms with van der Waals surface area (Å²) < 4.78 is 1.57. The summed E-state index contributed by atoms with van der Waals surface area (Å²) in [5.74, 6) is 1.11. The maximum atomic E-state index is 11.4. The second-order valence-corrected chi connectivity index (χ2v) is 6.20. The molecule has 0 aromatic carbocycles. The van der Waals surface area contributed by atoms with E-state index in [2.05, 4.69) is 10.3 Å². The van der Waals surface area contributed by atoms with Crippen molar-refractivity contribution in [2.75, 3.05) is 31.1 Å². The Balaban J connectivity index is 1.90. The molecule has 1 fully saturated rings. The average molecular weight is 309 g/mol. The van der Waals surface area contributed by atoms with Gasteiger partial charge in [-0.15, -0.1) is 0 Å². The van der Waals surface area contributed by atoms with Gasteiger partial charge >= 0.3 is 5.82 Å². The lowest BCUT2D eigenvalue weighted by Crippen LogP contribution is -2.38. The van der Waals surface area contributed by atoms with Gasteiger partial charge in [-0.2, -0.15) is 9.38 Å². The Labute approximate surface area is 126 Å². The fourth-order valence-corrected chi connectivity index (χ4v) is 3.61. The number of piperidine rings is 1. The van der Waals surface area contributed by atoms with E-state index in [1.54, 1.807) is 10.6 Å². The molecule has 1 unspecified atom stereocenters. The van der Waals surface area contributed by atoms with Crippen molar-refractivity contribution in [3.63, 3.8) is 0 Å². The molecule has 3 rings (SSSR count). The van der Waals surface area contributed by atoms with Gasteiger partial charge in [0.15, 0.2) is 0 Å². The molecule has 1 N–H and O–H groups in total. The van der Waals surface area contributed by atoms with E-state index in [0.717, 1.165) is 26.2 Å². The van der Waals surface area contributed by atoms with Crippen LogP contribution in [-0.2, 0) is 0 Å². The number of hydrogen-bond donors (Lipinski definition) is 1. The normalized spacial score (nSPS) is 19.0. The van der Waals surface area contributed by atoms with Crippen molar-refractivity contribution in [3.8, 4) is 0 Å². The predicted molar refractivity (Wildman–Crippen MR) is 83.2 cm³/mol.